The van der Waals surface area contributed by atoms with Gasteiger partial charge in [0.2, 0.25) is 0 Å². The number of allylic oxidation sites excluding steroid dienone is 6. The number of aromatic amines is 1. The Morgan fingerprint density at radius 1 is 1.38 bits per heavy atom. The predicted octanol–water partition coefficient (Wildman–Crippen LogP) is 2.71. The van der Waals surface area contributed by atoms with E-state index < -0.39 is 0 Å². The first-order chi connectivity index (χ1) is 7.81. The van der Waals surface area contributed by atoms with Crippen molar-refractivity contribution in [2.45, 2.75) is 6.92 Å². The molecule has 1 aliphatic rings. The third kappa shape index (κ3) is 2.14. The topological polar surface area (TPSA) is 31.9 Å². The smallest absolute Gasteiger partial charge is 0.0924 e. The Bertz CT molecular complexity index is 461. The number of rotatable bonds is 1. The van der Waals surface area contributed by atoms with Crippen LogP contribution in [0, 0.1) is 0 Å². The summed E-state index contributed by atoms with van der Waals surface area (Å²) in [5.41, 5.74) is 3.32. The van der Waals surface area contributed by atoms with Gasteiger partial charge in [0.25, 0.3) is 0 Å². The molecule has 3 heteroatoms. The van der Waals surface area contributed by atoms with Crippen LogP contribution in [0.15, 0.2) is 54.8 Å². The quantitative estimate of drug-likeness (QED) is 0.777. The van der Waals surface area contributed by atoms with Crippen LogP contribution in [0.25, 0.3) is 5.57 Å². The van der Waals surface area contributed by atoms with E-state index in [4.69, 9.17) is 0 Å². The van der Waals surface area contributed by atoms with E-state index in [9.17, 15) is 0 Å². The Labute approximate surface area is 95.5 Å². The van der Waals surface area contributed by atoms with Crippen LogP contribution in [0.1, 0.15) is 12.6 Å². The van der Waals surface area contributed by atoms with E-state index in [0.717, 1.165) is 11.3 Å². The van der Waals surface area contributed by atoms with Gasteiger partial charge in [-0.1, -0.05) is 18.2 Å². The minimum Gasteiger partial charge on any atom is -0.351 e. The van der Waals surface area contributed by atoms with Crippen LogP contribution >= 0.6 is 0 Å². The fourth-order valence-corrected chi connectivity index (χ4v) is 1.60. The summed E-state index contributed by atoms with van der Waals surface area (Å²) in [4.78, 5) is 9.21. The second-order valence-electron chi connectivity index (χ2n) is 3.59. The molecule has 82 valence electrons. The summed E-state index contributed by atoms with van der Waals surface area (Å²) in [5.74, 6) is 0. The fourth-order valence-electron chi connectivity index (χ4n) is 1.60. The normalized spacial score (nSPS) is 25.8. The van der Waals surface area contributed by atoms with Crippen molar-refractivity contribution in [2.24, 2.45) is 0 Å². The van der Waals surface area contributed by atoms with Gasteiger partial charge in [-0.15, -0.1) is 0 Å². The molecular formula is C13H15N3. The molecule has 2 heterocycles. The number of hydrogen-bond donors (Lipinski definition) is 1. The third-order valence-corrected chi connectivity index (χ3v) is 2.53. The molecule has 0 unspecified atom stereocenters. The van der Waals surface area contributed by atoms with Crippen molar-refractivity contribution < 1.29 is 0 Å². The van der Waals surface area contributed by atoms with Gasteiger partial charge in [-0.2, -0.15) is 0 Å². The Kier molecular flexibility index (Phi) is 3.05. The second kappa shape index (κ2) is 4.66. The average Bonchev–Trinajstić information content (AvgIpc) is 2.77. The standard InChI is InChI=1S/C13H15N3/c1-3-12-7-6-11(5-4-8-16(12)2)13-9-14-10-15-13/h3-10H,1-2H3,(H,14,15)/b7-6-,8-4+,11-5+,12-3+. The van der Waals surface area contributed by atoms with E-state index in [-0.39, 0.29) is 0 Å². The van der Waals surface area contributed by atoms with Gasteiger partial charge in [0.15, 0.2) is 0 Å². The third-order valence-electron chi connectivity index (χ3n) is 2.53. The Morgan fingerprint density at radius 3 is 2.94 bits per heavy atom. The largest absolute Gasteiger partial charge is 0.351 e. The Balaban J connectivity index is 2.36. The highest BCUT2D eigenvalue weighted by molar-refractivity contribution is 5.73. The van der Waals surface area contributed by atoms with Crippen LogP contribution in [0.2, 0.25) is 0 Å². The van der Waals surface area contributed by atoms with Crippen LogP contribution in [-0.4, -0.2) is 21.9 Å². The number of aromatic nitrogens is 2. The lowest BCUT2D eigenvalue weighted by atomic mass is 10.1. The molecule has 0 saturated carbocycles. The SMILES string of the molecule is C\C=C1/C=C\C(c2cnc[nH]2)=C/C=C/N1C. The monoisotopic (exact) mass is 213 g/mol. The minimum atomic E-state index is 1.03. The first kappa shape index (κ1) is 10.5. The predicted molar refractivity (Wildman–Crippen MR) is 66.4 cm³/mol. The van der Waals surface area contributed by atoms with E-state index in [0.29, 0.717) is 0 Å². The summed E-state index contributed by atoms with van der Waals surface area (Å²) in [7, 11) is 2.03. The molecule has 0 aliphatic carbocycles. The highest BCUT2D eigenvalue weighted by atomic mass is 15.1. The van der Waals surface area contributed by atoms with Gasteiger partial charge in [-0.05, 0) is 24.6 Å². The molecule has 0 spiro atoms. The van der Waals surface area contributed by atoms with E-state index >= 15 is 0 Å². The molecule has 0 fully saturated rings. The van der Waals surface area contributed by atoms with Crippen LogP contribution in [0.3, 0.4) is 0 Å². The van der Waals surface area contributed by atoms with Crippen molar-refractivity contribution in [3.05, 3.63) is 60.5 Å². The van der Waals surface area contributed by atoms with Gasteiger partial charge in [0.05, 0.1) is 18.2 Å². The number of nitrogens with zero attached hydrogens (tertiary/aromatic N) is 2. The van der Waals surface area contributed by atoms with Crippen molar-refractivity contribution in [1.82, 2.24) is 14.9 Å². The van der Waals surface area contributed by atoms with Crippen LogP contribution in [-0.2, 0) is 0 Å². The Hall–Kier alpha value is -2.03. The maximum atomic E-state index is 4.03. The lowest BCUT2D eigenvalue weighted by molar-refractivity contribution is 0.587. The summed E-state index contributed by atoms with van der Waals surface area (Å²) in [6, 6.07) is 0. The zero-order chi connectivity index (χ0) is 11.4. The van der Waals surface area contributed by atoms with Crippen molar-refractivity contribution in [3.63, 3.8) is 0 Å². The van der Waals surface area contributed by atoms with Crippen LogP contribution in [0.5, 0.6) is 0 Å². The molecule has 1 N–H and O–H groups in total. The molecule has 2 rings (SSSR count). The Morgan fingerprint density at radius 2 is 2.25 bits per heavy atom. The second-order valence-corrected chi connectivity index (χ2v) is 3.59. The van der Waals surface area contributed by atoms with Crippen molar-refractivity contribution in [2.75, 3.05) is 7.05 Å². The van der Waals surface area contributed by atoms with Gasteiger partial charge < -0.3 is 9.88 Å². The molecule has 0 amide bonds. The van der Waals surface area contributed by atoms with E-state index in [2.05, 4.69) is 39.2 Å². The van der Waals surface area contributed by atoms with E-state index in [1.54, 1.807) is 6.33 Å². The summed E-state index contributed by atoms with van der Waals surface area (Å²) in [6.45, 7) is 2.03. The van der Waals surface area contributed by atoms with Crippen molar-refractivity contribution in [1.29, 1.82) is 0 Å². The van der Waals surface area contributed by atoms with Gasteiger partial charge in [0, 0.05) is 18.9 Å². The summed E-state index contributed by atoms with van der Waals surface area (Å²) in [5, 5.41) is 0. The highest BCUT2D eigenvalue weighted by Crippen LogP contribution is 2.17. The molecule has 1 aliphatic heterocycles. The molecule has 0 saturated heterocycles. The van der Waals surface area contributed by atoms with Gasteiger partial charge in [0.1, 0.15) is 0 Å². The molecule has 0 bridgehead atoms. The zero-order valence-corrected chi connectivity index (χ0v) is 9.51. The van der Waals surface area contributed by atoms with Crippen LogP contribution < -0.4 is 0 Å². The molecule has 16 heavy (non-hydrogen) atoms. The number of nitrogens with one attached hydrogen (secondary N) is 1. The molecule has 0 aromatic carbocycles. The molecule has 1 aromatic rings. The minimum absolute atomic E-state index is 1.03. The van der Waals surface area contributed by atoms with Gasteiger partial charge in [-0.25, -0.2) is 4.98 Å². The summed E-state index contributed by atoms with van der Waals surface area (Å²) >= 11 is 0. The number of imidazole rings is 1. The highest BCUT2D eigenvalue weighted by Gasteiger charge is 2.02. The summed E-state index contributed by atoms with van der Waals surface area (Å²) in [6.07, 6.45) is 15.9. The van der Waals surface area contributed by atoms with Crippen molar-refractivity contribution in [3.8, 4) is 0 Å². The zero-order valence-electron chi connectivity index (χ0n) is 9.51. The lowest BCUT2D eigenvalue weighted by Gasteiger charge is -2.16. The van der Waals surface area contributed by atoms with E-state index in [1.807, 2.05) is 32.4 Å². The first-order valence-corrected chi connectivity index (χ1v) is 5.25. The van der Waals surface area contributed by atoms with Gasteiger partial charge in [-0.3, -0.25) is 0 Å². The summed E-state index contributed by atoms with van der Waals surface area (Å²) < 4.78 is 0. The number of hydrogen-bond acceptors (Lipinski definition) is 2. The van der Waals surface area contributed by atoms with E-state index in [1.165, 1.54) is 5.70 Å². The molecule has 1 aromatic heterocycles. The average molecular weight is 213 g/mol. The maximum absolute atomic E-state index is 4.03. The number of likely N-dealkylation sites (N-methyl/N-ethyl adjacent to an activating group) is 1. The number of H-pyrrole nitrogens is 1. The maximum Gasteiger partial charge on any atom is 0.0924 e. The first-order valence-electron chi connectivity index (χ1n) is 5.25. The van der Waals surface area contributed by atoms with Crippen molar-refractivity contribution >= 4 is 5.57 Å². The fraction of sp³-hybridized carbons (Fsp3) is 0.154. The van der Waals surface area contributed by atoms with Crippen LogP contribution in [0.4, 0.5) is 0 Å². The molecule has 3 nitrogen and oxygen atoms in total. The molecule has 0 radical (unpaired) electrons. The molecule has 0 atom stereocenters. The lowest BCUT2D eigenvalue weighted by Crippen LogP contribution is -2.08. The molecular weight excluding hydrogens is 198 g/mol. The van der Waals surface area contributed by atoms with Gasteiger partial charge >= 0.3 is 0 Å².